The maximum atomic E-state index is 2.42. The largest absolute Gasteiger partial charge is 0.0622 e. The fourth-order valence-corrected chi connectivity index (χ4v) is 10.8. The predicted molar refractivity (Wildman–Crippen MR) is 255 cm³/mol. The average Bonchev–Trinajstić information content (AvgIpc) is 3.86. The van der Waals surface area contributed by atoms with Crippen LogP contribution in [0.15, 0.2) is 218 Å². The molecule has 0 atom stereocenters. The van der Waals surface area contributed by atoms with Crippen molar-refractivity contribution in [3.05, 3.63) is 218 Å². The molecule has 0 spiro atoms. The van der Waals surface area contributed by atoms with Gasteiger partial charge in [-0.15, -0.1) is 0 Å². The molecule has 0 aliphatic heterocycles. The van der Waals surface area contributed by atoms with Gasteiger partial charge >= 0.3 is 0 Å². The minimum atomic E-state index is 1.24. The number of hydrogen-bond acceptors (Lipinski definition) is 0. The Morgan fingerprint density at radius 2 is 0.483 bits per heavy atom. The molecule has 0 unspecified atom stereocenters. The predicted octanol–water partition coefficient (Wildman–Crippen LogP) is 16.8. The van der Waals surface area contributed by atoms with Crippen LogP contribution in [0.4, 0.5) is 0 Å². The van der Waals surface area contributed by atoms with Crippen LogP contribution in [0, 0.1) is 0 Å². The van der Waals surface area contributed by atoms with Crippen molar-refractivity contribution in [1.82, 2.24) is 0 Å². The molecule has 0 heterocycles. The first-order chi connectivity index (χ1) is 29.8. The zero-order valence-electron chi connectivity index (χ0n) is 32.8. The third-order valence-electron chi connectivity index (χ3n) is 13.2. The normalized spacial score (nSPS) is 12.0. The summed E-state index contributed by atoms with van der Waals surface area (Å²) in [6.07, 6.45) is 0. The van der Waals surface area contributed by atoms with Crippen LogP contribution < -0.4 is 0 Å². The van der Waals surface area contributed by atoms with Crippen LogP contribution >= 0.6 is 0 Å². The fraction of sp³-hybridized carbons (Fsp3) is 0. The molecule has 11 aromatic carbocycles. The highest BCUT2D eigenvalue weighted by molar-refractivity contribution is 6.34. The molecule has 0 bridgehead atoms. The minimum Gasteiger partial charge on any atom is -0.0622 e. The van der Waals surface area contributed by atoms with Crippen molar-refractivity contribution in [2.75, 3.05) is 0 Å². The molecule has 11 aromatic rings. The van der Waals surface area contributed by atoms with Gasteiger partial charge in [0, 0.05) is 0 Å². The van der Waals surface area contributed by atoms with E-state index < -0.39 is 0 Å². The quantitative estimate of drug-likeness (QED) is 0.153. The summed E-state index contributed by atoms with van der Waals surface area (Å²) in [5.41, 5.74) is 23.1. The summed E-state index contributed by atoms with van der Waals surface area (Å²) in [5.74, 6) is 0. The van der Waals surface area contributed by atoms with E-state index in [1.165, 1.54) is 132 Å². The first kappa shape index (κ1) is 33.2. The molecule has 276 valence electrons. The summed E-state index contributed by atoms with van der Waals surface area (Å²) in [6, 6.07) is 81.0. The summed E-state index contributed by atoms with van der Waals surface area (Å²) >= 11 is 0. The van der Waals surface area contributed by atoms with E-state index in [-0.39, 0.29) is 0 Å². The van der Waals surface area contributed by atoms with Crippen molar-refractivity contribution in [2.45, 2.75) is 0 Å². The van der Waals surface area contributed by atoms with Gasteiger partial charge in [-0.1, -0.05) is 218 Å². The monoisotopic (exact) mass is 756 g/mol. The Morgan fingerprint density at radius 1 is 0.150 bits per heavy atom. The van der Waals surface area contributed by atoms with Gasteiger partial charge in [0.25, 0.3) is 0 Å². The summed E-state index contributed by atoms with van der Waals surface area (Å²) in [4.78, 5) is 0. The zero-order valence-corrected chi connectivity index (χ0v) is 32.8. The third kappa shape index (κ3) is 4.62. The van der Waals surface area contributed by atoms with Gasteiger partial charge in [-0.25, -0.2) is 0 Å². The average molecular weight is 757 g/mol. The third-order valence-corrected chi connectivity index (χ3v) is 13.2. The van der Waals surface area contributed by atoms with E-state index in [0.29, 0.717) is 0 Å². The Bertz CT molecular complexity index is 3470. The number of benzene rings is 11. The Kier molecular flexibility index (Phi) is 7.11. The summed E-state index contributed by atoms with van der Waals surface area (Å²) in [5, 5.41) is 7.82. The second-order valence-electron chi connectivity index (χ2n) is 16.2. The van der Waals surface area contributed by atoms with Gasteiger partial charge in [-0.3, -0.25) is 0 Å². The molecular formula is C60H36. The number of hydrogen-bond donors (Lipinski definition) is 0. The number of rotatable bonds is 5. The molecule has 2 aliphatic carbocycles. The van der Waals surface area contributed by atoms with E-state index in [9.17, 15) is 0 Å². The molecule has 2 aliphatic rings. The molecule has 0 saturated carbocycles. The maximum absolute atomic E-state index is 2.42. The first-order valence-corrected chi connectivity index (χ1v) is 20.9. The molecule has 0 heteroatoms. The number of fused-ring (bicyclic) bond motifs is 8. The summed E-state index contributed by atoms with van der Waals surface area (Å²) < 4.78 is 0. The fourth-order valence-electron chi connectivity index (χ4n) is 10.8. The summed E-state index contributed by atoms with van der Waals surface area (Å²) in [6.45, 7) is 0. The lowest BCUT2D eigenvalue weighted by Crippen LogP contribution is -1.91. The molecular weight excluding hydrogens is 721 g/mol. The van der Waals surface area contributed by atoms with E-state index in [1.807, 2.05) is 0 Å². The van der Waals surface area contributed by atoms with E-state index in [0.717, 1.165) is 0 Å². The molecule has 0 nitrogen and oxygen atoms in total. The van der Waals surface area contributed by atoms with Crippen molar-refractivity contribution >= 4 is 32.3 Å². The maximum Gasteiger partial charge on any atom is -0.000740 e. The van der Waals surface area contributed by atoms with Gasteiger partial charge in [0.05, 0.1) is 0 Å². The lowest BCUT2D eigenvalue weighted by atomic mass is 9.84. The molecule has 0 fully saturated rings. The lowest BCUT2D eigenvalue weighted by molar-refractivity contribution is 1.59. The van der Waals surface area contributed by atoms with Crippen LogP contribution in [0.1, 0.15) is 0 Å². The summed E-state index contributed by atoms with van der Waals surface area (Å²) in [7, 11) is 0. The van der Waals surface area contributed by atoms with Gasteiger partial charge in [0.1, 0.15) is 0 Å². The molecule has 0 amide bonds. The van der Waals surface area contributed by atoms with Crippen molar-refractivity contribution in [2.24, 2.45) is 0 Å². The SMILES string of the molecule is c1ccc(-c2ccc(-c3ccccc3)c3c2-c2cccc4c(-c5c6ccccc6c6c7c(cccc57)-c5c(-c7ccccc7)ccc(-c7ccccc7)c5-6)ccc-3c24)cc1. The second-order valence-corrected chi connectivity index (χ2v) is 16.2. The molecule has 0 aromatic heterocycles. The molecule has 0 N–H and O–H groups in total. The highest BCUT2D eigenvalue weighted by atomic mass is 14.4. The first-order valence-electron chi connectivity index (χ1n) is 20.9. The van der Waals surface area contributed by atoms with Crippen LogP contribution in [0.2, 0.25) is 0 Å². The topological polar surface area (TPSA) is 0 Å². The van der Waals surface area contributed by atoms with Gasteiger partial charge in [-0.05, 0) is 132 Å². The van der Waals surface area contributed by atoms with Crippen molar-refractivity contribution in [3.63, 3.8) is 0 Å². The highest BCUT2D eigenvalue weighted by Crippen LogP contribution is 2.60. The Labute approximate surface area is 349 Å². The van der Waals surface area contributed by atoms with E-state index in [2.05, 4.69) is 218 Å². The van der Waals surface area contributed by atoms with Gasteiger partial charge in [0.15, 0.2) is 0 Å². The molecule has 0 saturated heterocycles. The van der Waals surface area contributed by atoms with E-state index in [1.54, 1.807) is 0 Å². The van der Waals surface area contributed by atoms with E-state index in [4.69, 9.17) is 0 Å². The van der Waals surface area contributed by atoms with Gasteiger partial charge < -0.3 is 0 Å². The van der Waals surface area contributed by atoms with E-state index >= 15 is 0 Å². The highest BCUT2D eigenvalue weighted by Gasteiger charge is 2.33. The smallest absolute Gasteiger partial charge is 0.000740 e. The zero-order chi connectivity index (χ0) is 39.3. The standard InChI is InChI=1S/C60H36/c1-5-17-37(18-6-1)41-31-32-42(38-19-7-2-8-20-38)56-52-36-35-48(46-27-15-28-50(54(46)52)55(41)56)53-45-25-13-14-26-47(45)60-58-49(53)29-16-30-51(58)57-43(39-21-9-3-10-22-39)33-34-44(59(57)60)40-23-11-4-12-24-40/h1-36H. The van der Waals surface area contributed by atoms with Crippen LogP contribution in [0.5, 0.6) is 0 Å². The van der Waals surface area contributed by atoms with Crippen LogP contribution in [0.25, 0.3) is 132 Å². The van der Waals surface area contributed by atoms with Crippen LogP contribution in [-0.4, -0.2) is 0 Å². The Balaban J connectivity index is 1.13. The van der Waals surface area contributed by atoms with Crippen LogP contribution in [-0.2, 0) is 0 Å². The molecule has 0 radical (unpaired) electrons. The van der Waals surface area contributed by atoms with Crippen molar-refractivity contribution in [3.8, 4) is 100 Å². The minimum absolute atomic E-state index is 1.24. The van der Waals surface area contributed by atoms with Gasteiger partial charge in [-0.2, -0.15) is 0 Å². The molecule has 60 heavy (non-hydrogen) atoms. The van der Waals surface area contributed by atoms with Crippen molar-refractivity contribution < 1.29 is 0 Å². The van der Waals surface area contributed by atoms with Crippen molar-refractivity contribution in [1.29, 1.82) is 0 Å². The Hall–Kier alpha value is -7.80. The Morgan fingerprint density at radius 3 is 0.983 bits per heavy atom. The van der Waals surface area contributed by atoms with Gasteiger partial charge in [0.2, 0.25) is 0 Å². The second kappa shape index (κ2) is 12.9. The molecule has 13 rings (SSSR count). The lowest BCUT2D eigenvalue weighted by Gasteiger charge is -2.19. The van der Waals surface area contributed by atoms with Crippen LogP contribution in [0.3, 0.4) is 0 Å².